The first-order valence-electron chi connectivity index (χ1n) is 7.38. The Bertz CT molecular complexity index is 400. The van der Waals surface area contributed by atoms with Gasteiger partial charge in [0, 0.05) is 22.1 Å². The molecule has 0 aliphatic heterocycles. The molecule has 3 heteroatoms. The summed E-state index contributed by atoms with van der Waals surface area (Å²) in [5, 5.41) is 3.61. The Labute approximate surface area is 124 Å². The molecular formula is C16H23BrFN. The van der Waals surface area contributed by atoms with E-state index in [0.29, 0.717) is 6.04 Å². The van der Waals surface area contributed by atoms with Crippen LogP contribution in [-0.4, -0.2) is 6.04 Å². The van der Waals surface area contributed by atoms with Crippen molar-refractivity contribution in [2.24, 2.45) is 0 Å². The molecule has 1 aromatic carbocycles. The SMILES string of the molecule is CC(NC1CCCCCCC1)c1cc(Br)ccc1F. The molecule has 0 bridgehead atoms. The molecule has 1 unspecified atom stereocenters. The first-order valence-corrected chi connectivity index (χ1v) is 8.17. The molecule has 0 saturated heterocycles. The fourth-order valence-corrected chi connectivity index (χ4v) is 3.29. The van der Waals surface area contributed by atoms with E-state index in [1.54, 1.807) is 6.07 Å². The molecule has 0 aromatic heterocycles. The normalized spacial score (nSPS) is 19.7. The number of rotatable bonds is 3. The van der Waals surface area contributed by atoms with Crippen molar-refractivity contribution in [2.75, 3.05) is 0 Å². The van der Waals surface area contributed by atoms with Crippen molar-refractivity contribution >= 4 is 15.9 Å². The van der Waals surface area contributed by atoms with Crippen LogP contribution in [0.15, 0.2) is 22.7 Å². The first-order chi connectivity index (χ1) is 9.16. The predicted molar refractivity (Wildman–Crippen MR) is 81.8 cm³/mol. The maximum atomic E-state index is 13.9. The summed E-state index contributed by atoms with van der Waals surface area (Å²) in [6, 6.07) is 5.78. The van der Waals surface area contributed by atoms with Crippen LogP contribution in [0.25, 0.3) is 0 Å². The molecule has 19 heavy (non-hydrogen) atoms. The van der Waals surface area contributed by atoms with Crippen LogP contribution in [-0.2, 0) is 0 Å². The van der Waals surface area contributed by atoms with Gasteiger partial charge in [0.1, 0.15) is 5.82 Å². The molecule has 1 fully saturated rings. The molecule has 1 atom stereocenters. The van der Waals surface area contributed by atoms with Gasteiger partial charge in [-0.25, -0.2) is 4.39 Å². The molecular weight excluding hydrogens is 305 g/mol. The molecule has 0 radical (unpaired) electrons. The van der Waals surface area contributed by atoms with E-state index in [2.05, 4.69) is 28.2 Å². The van der Waals surface area contributed by atoms with Crippen LogP contribution in [0.5, 0.6) is 0 Å². The third kappa shape index (κ3) is 4.57. The lowest BCUT2D eigenvalue weighted by Gasteiger charge is -2.25. The highest BCUT2D eigenvalue weighted by Gasteiger charge is 2.17. The molecule has 1 N–H and O–H groups in total. The van der Waals surface area contributed by atoms with Gasteiger partial charge in [-0.2, -0.15) is 0 Å². The summed E-state index contributed by atoms with van der Waals surface area (Å²) in [5.41, 5.74) is 0.761. The quantitative estimate of drug-likeness (QED) is 0.788. The van der Waals surface area contributed by atoms with Crippen LogP contribution in [0, 0.1) is 5.82 Å². The lowest BCUT2D eigenvalue weighted by atomic mass is 9.95. The lowest BCUT2D eigenvalue weighted by molar-refractivity contribution is 0.358. The van der Waals surface area contributed by atoms with Crippen molar-refractivity contribution in [3.63, 3.8) is 0 Å². The highest BCUT2D eigenvalue weighted by Crippen LogP contribution is 2.24. The summed E-state index contributed by atoms with van der Waals surface area (Å²) in [7, 11) is 0. The molecule has 1 aliphatic rings. The van der Waals surface area contributed by atoms with E-state index in [1.165, 1.54) is 51.0 Å². The Morgan fingerprint density at radius 2 is 1.79 bits per heavy atom. The number of hydrogen-bond donors (Lipinski definition) is 1. The molecule has 106 valence electrons. The first kappa shape index (κ1) is 15.0. The van der Waals surface area contributed by atoms with Crippen LogP contribution in [0.1, 0.15) is 63.5 Å². The minimum atomic E-state index is -0.117. The van der Waals surface area contributed by atoms with Crippen LogP contribution in [0.2, 0.25) is 0 Å². The Hall–Kier alpha value is -0.410. The van der Waals surface area contributed by atoms with Crippen LogP contribution >= 0.6 is 15.9 Å². The molecule has 1 nitrogen and oxygen atoms in total. The zero-order valence-electron chi connectivity index (χ0n) is 11.6. The van der Waals surface area contributed by atoms with Crippen LogP contribution in [0.4, 0.5) is 4.39 Å². The average molecular weight is 328 g/mol. The number of nitrogens with one attached hydrogen (secondary N) is 1. The van der Waals surface area contributed by atoms with Gasteiger partial charge in [-0.05, 0) is 38.0 Å². The summed E-state index contributed by atoms with van der Waals surface area (Å²) >= 11 is 3.42. The smallest absolute Gasteiger partial charge is 0.128 e. The summed E-state index contributed by atoms with van der Waals surface area (Å²) in [6.45, 7) is 2.06. The number of halogens is 2. The molecule has 1 aliphatic carbocycles. The van der Waals surface area contributed by atoms with Gasteiger partial charge in [0.15, 0.2) is 0 Å². The second-order valence-corrected chi connectivity index (χ2v) is 6.51. The molecule has 1 aromatic rings. The zero-order chi connectivity index (χ0) is 13.7. The van der Waals surface area contributed by atoms with E-state index in [9.17, 15) is 4.39 Å². The predicted octanol–water partition coefficient (Wildman–Crippen LogP) is 5.35. The van der Waals surface area contributed by atoms with Crippen molar-refractivity contribution in [3.05, 3.63) is 34.1 Å². The second kappa shape index (κ2) is 7.39. The zero-order valence-corrected chi connectivity index (χ0v) is 13.2. The molecule has 0 heterocycles. The standard InChI is InChI=1S/C16H23BrFN/c1-12(15-11-13(17)9-10-16(15)18)19-14-7-5-3-2-4-6-8-14/h9-12,14,19H,2-8H2,1H3. The molecule has 1 saturated carbocycles. The van der Waals surface area contributed by atoms with Crippen molar-refractivity contribution in [2.45, 2.75) is 64.0 Å². The van der Waals surface area contributed by atoms with Gasteiger partial charge >= 0.3 is 0 Å². The molecule has 2 rings (SSSR count). The number of benzene rings is 1. The average Bonchev–Trinajstić information content (AvgIpc) is 2.35. The monoisotopic (exact) mass is 327 g/mol. The van der Waals surface area contributed by atoms with Gasteiger partial charge in [-0.3, -0.25) is 0 Å². The fraction of sp³-hybridized carbons (Fsp3) is 0.625. The third-order valence-electron chi connectivity index (χ3n) is 4.02. The van der Waals surface area contributed by atoms with Gasteiger partial charge in [0.25, 0.3) is 0 Å². The lowest BCUT2D eigenvalue weighted by Crippen LogP contribution is -2.32. The van der Waals surface area contributed by atoms with E-state index in [4.69, 9.17) is 0 Å². The second-order valence-electron chi connectivity index (χ2n) is 5.60. The third-order valence-corrected chi connectivity index (χ3v) is 4.51. The fourth-order valence-electron chi connectivity index (χ4n) is 2.91. The van der Waals surface area contributed by atoms with E-state index in [0.717, 1.165) is 10.0 Å². The van der Waals surface area contributed by atoms with Crippen LogP contribution < -0.4 is 5.32 Å². The summed E-state index contributed by atoms with van der Waals surface area (Å²) in [4.78, 5) is 0. The van der Waals surface area contributed by atoms with Crippen LogP contribution in [0.3, 0.4) is 0 Å². The molecule has 0 spiro atoms. The molecule has 0 amide bonds. The van der Waals surface area contributed by atoms with E-state index >= 15 is 0 Å². The Morgan fingerprint density at radius 3 is 2.47 bits per heavy atom. The Morgan fingerprint density at radius 1 is 1.16 bits per heavy atom. The van der Waals surface area contributed by atoms with E-state index in [1.807, 2.05) is 6.07 Å². The van der Waals surface area contributed by atoms with Gasteiger partial charge in [0.2, 0.25) is 0 Å². The van der Waals surface area contributed by atoms with Gasteiger partial charge in [-0.15, -0.1) is 0 Å². The van der Waals surface area contributed by atoms with Crippen molar-refractivity contribution < 1.29 is 4.39 Å². The van der Waals surface area contributed by atoms with Crippen molar-refractivity contribution in [3.8, 4) is 0 Å². The maximum Gasteiger partial charge on any atom is 0.128 e. The Kier molecular flexibility index (Phi) is 5.83. The van der Waals surface area contributed by atoms with Gasteiger partial charge in [-0.1, -0.05) is 48.0 Å². The van der Waals surface area contributed by atoms with Gasteiger partial charge < -0.3 is 5.32 Å². The highest BCUT2D eigenvalue weighted by atomic mass is 79.9. The minimum absolute atomic E-state index is 0.0712. The summed E-state index contributed by atoms with van der Waals surface area (Å²) < 4.78 is 14.8. The number of hydrogen-bond acceptors (Lipinski definition) is 1. The maximum absolute atomic E-state index is 13.9. The van der Waals surface area contributed by atoms with E-state index in [-0.39, 0.29) is 11.9 Å². The van der Waals surface area contributed by atoms with Gasteiger partial charge in [0.05, 0.1) is 0 Å². The Balaban J connectivity index is 1.98. The highest BCUT2D eigenvalue weighted by molar-refractivity contribution is 9.10. The van der Waals surface area contributed by atoms with E-state index < -0.39 is 0 Å². The van der Waals surface area contributed by atoms with Crippen molar-refractivity contribution in [1.82, 2.24) is 5.32 Å². The van der Waals surface area contributed by atoms with Crippen molar-refractivity contribution in [1.29, 1.82) is 0 Å². The summed E-state index contributed by atoms with van der Waals surface area (Å²) in [5.74, 6) is -0.117. The minimum Gasteiger partial charge on any atom is -0.307 e. The summed E-state index contributed by atoms with van der Waals surface area (Å²) in [6.07, 6.45) is 9.11. The topological polar surface area (TPSA) is 12.0 Å². The largest absolute Gasteiger partial charge is 0.307 e.